The van der Waals surface area contributed by atoms with E-state index in [9.17, 15) is 13.2 Å². The van der Waals surface area contributed by atoms with Crippen molar-refractivity contribution in [3.05, 3.63) is 35.9 Å². The Labute approximate surface area is 191 Å². The van der Waals surface area contributed by atoms with Gasteiger partial charge < -0.3 is 15.1 Å². The molecule has 1 aliphatic heterocycles. The average molecular weight is 536 g/mol. The van der Waals surface area contributed by atoms with Crippen LogP contribution in [-0.4, -0.2) is 73.8 Å². The summed E-state index contributed by atoms with van der Waals surface area (Å²) in [6, 6.07) is 9.87. The van der Waals surface area contributed by atoms with Gasteiger partial charge in [-0.25, -0.2) is 8.42 Å². The van der Waals surface area contributed by atoms with E-state index in [-0.39, 0.29) is 35.6 Å². The van der Waals surface area contributed by atoms with Crippen molar-refractivity contribution in [2.45, 2.75) is 38.5 Å². The first-order chi connectivity index (χ1) is 13.2. The van der Waals surface area contributed by atoms with Crippen molar-refractivity contribution in [2.24, 2.45) is 4.99 Å². The number of rotatable bonds is 6. The van der Waals surface area contributed by atoms with Crippen molar-refractivity contribution >= 4 is 45.7 Å². The van der Waals surface area contributed by atoms with Gasteiger partial charge in [0.15, 0.2) is 15.8 Å². The Balaban J connectivity index is 0.00000420. The van der Waals surface area contributed by atoms with Crippen LogP contribution in [0.5, 0.6) is 0 Å². The van der Waals surface area contributed by atoms with Crippen LogP contribution in [0.4, 0.5) is 0 Å². The van der Waals surface area contributed by atoms with E-state index in [0.717, 1.165) is 5.56 Å². The second-order valence-electron chi connectivity index (χ2n) is 7.72. The number of carbonyl (C=O) groups is 1. The molecular weight excluding hydrogens is 503 g/mol. The van der Waals surface area contributed by atoms with E-state index in [1.165, 1.54) is 0 Å². The second kappa shape index (κ2) is 11.1. The molecule has 1 N–H and O–H groups in total. The number of guanidine groups is 1. The summed E-state index contributed by atoms with van der Waals surface area (Å²) < 4.78 is 23.6. The summed E-state index contributed by atoms with van der Waals surface area (Å²) >= 11 is 0. The van der Waals surface area contributed by atoms with Gasteiger partial charge in [0.1, 0.15) is 0 Å². The molecule has 0 saturated carbocycles. The minimum absolute atomic E-state index is 0. The van der Waals surface area contributed by atoms with Crippen molar-refractivity contribution in [2.75, 3.05) is 39.0 Å². The molecule has 0 aliphatic carbocycles. The monoisotopic (exact) mass is 536 g/mol. The third-order valence-corrected chi connectivity index (χ3v) is 7.49. The molecule has 0 unspecified atom stereocenters. The number of nitrogens with zero attached hydrogens (tertiary/aromatic N) is 3. The van der Waals surface area contributed by atoms with Crippen LogP contribution < -0.4 is 5.32 Å². The maximum atomic E-state index is 12.4. The van der Waals surface area contributed by atoms with Crippen LogP contribution in [-0.2, 0) is 21.2 Å². The van der Waals surface area contributed by atoms with Gasteiger partial charge in [0.05, 0.1) is 17.0 Å². The number of halogens is 1. The van der Waals surface area contributed by atoms with Crippen molar-refractivity contribution in [1.82, 2.24) is 15.1 Å². The summed E-state index contributed by atoms with van der Waals surface area (Å²) in [6.07, 6.45) is 0.313. The minimum atomic E-state index is -3.10. The van der Waals surface area contributed by atoms with Crippen molar-refractivity contribution in [3.63, 3.8) is 0 Å². The molecule has 9 heteroatoms. The first-order valence-electron chi connectivity index (χ1n) is 9.70. The molecule has 0 spiro atoms. The summed E-state index contributed by atoms with van der Waals surface area (Å²) in [4.78, 5) is 20.6. The van der Waals surface area contributed by atoms with Gasteiger partial charge in [-0.15, -0.1) is 24.0 Å². The number of hydrogen-bond acceptors (Lipinski definition) is 4. The molecule has 1 fully saturated rings. The van der Waals surface area contributed by atoms with E-state index < -0.39 is 14.6 Å². The van der Waals surface area contributed by atoms with E-state index in [4.69, 9.17) is 0 Å². The first-order valence-corrected chi connectivity index (χ1v) is 11.3. The van der Waals surface area contributed by atoms with E-state index in [2.05, 4.69) is 10.3 Å². The highest BCUT2D eigenvalue weighted by Gasteiger charge is 2.40. The summed E-state index contributed by atoms with van der Waals surface area (Å²) in [5.41, 5.74) is 1.09. The number of carbonyl (C=O) groups excluding carboxylic acids is 1. The van der Waals surface area contributed by atoms with E-state index in [1.54, 1.807) is 25.8 Å². The highest BCUT2D eigenvalue weighted by molar-refractivity contribution is 14.0. The normalized spacial score (nSPS) is 17.9. The molecule has 1 aliphatic rings. The topological polar surface area (TPSA) is 82.1 Å². The van der Waals surface area contributed by atoms with Gasteiger partial charge in [0.25, 0.3) is 0 Å². The van der Waals surface area contributed by atoms with Gasteiger partial charge in [0.2, 0.25) is 5.91 Å². The molecule has 0 atom stereocenters. The van der Waals surface area contributed by atoms with Crippen LogP contribution in [0.25, 0.3) is 0 Å². The Morgan fingerprint density at radius 1 is 1.28 bits per heavy atom. The van der Waals surface area contributed by atoms with Gasteiger partial charge in [-0.3, -0.25) is 9.79 Å². The van der Waals surface area contributed by atoms with Crippen molar-refractivity contribution in [1.29, 1.82) is 0 Å². The molecule has 1 saturated heterocycles. The summed E-state index contributed by atoms with van der Waals surface area (Å²) in [5, 5.41) is 3.22. The molecular formula is C20H33IN4O3S. The Bertz CT molecular complexity index is 797. The van der Waals surface area contributed by atoms with Gasteiger partial charge in [0, 0.05) is 39.6 Å². The van der Waals surface area contributed by atoms with E-state index in [0.29, 0.717) is 45.1 Å². The lowest BCUT2D eigenvalue weighted by Gasteiger charge is -2.39. The van der Waals surface area contributed by atoms with Gasteiger partial charge in [-0.05, 0) is 26.3 Å². The third-order valence-electron chi connectivity index (χ3n) is 4.95. The Morgan fingerprint density at radius 2 is 1.93 bits per heavy atom. The Morgan fingerprint density at radius 3 is 2.52 bits per heavy atom. The van der Waals surface area contributed by atoms with Crippen LogP contribution in [0.3, 0.4) is 0 Å². The van der Waals surface area contributed by atoms with Crippen LogP contribution in [0.15, 0.2) is 35.3 Å². The highest BCUT2D eigenvalue weighted by Crippen LogP contribution is 2.23. The van der Waals surface area contributed by atoms with E-state index in [1.807, 2.05) is 42.2 Å². The molecule has 1 aromatic carbocycles. The predicted molar refractivity (Wildman–Crippen MR) is 128 cm³/mol. The maximum absolute atomic E-state index is 12.4. The molecule has 29 heavy (non-hydrogen) atoms. The zero-order valence-electron chi connectivity index (χ0n) is 17.7. The number of amides is 1. The Kier molecular flexibility index (Phi) is 9.87. The number of aliphatic imine (C=N–C) groups is 1. The zero-order valence-corrected chi connectivity index (χ0v) is 20.9. The van der Waals surface area contributed by atoms with E-state index >= 15 is 0 Å². The van der Waals surface area contributed by atoms with Crippen LogP contribution in [0.1, 0.15) is 32.8 Å². The van der Waals surface area contributed by atoms with Gasteiger partial charge in [-0.1, -0.05) is 30.3 Å². The molecule has 164 valence electrons. The molecule has 1 heterocycles. The van der Waals surface area contributed by atoms with Crippen molar-refractivity contribution in [3.8, 4) is 0 Å². The second-order valence-corrected chi connectivity index (χ2v) is 10.5. The fraction of sp³-hybridized carbons (Fsp3) is 0.600. The van der Waals surface area contributed by atoms with Crippen molar-refractivity contribution < 1.29 is 13.2 Å². The molecule has 0 aromatic heterocycles. The average Bonchev–Trinajstić information content (AvgIpc) is 2.64. The molecule has 1 amide bonds. The molecule has 0 radical (unpaired) electrons. The lowest BCUT2D eigenvalue weighted by molar-refractivity contribution is -0.130. The first kappa shape index (κ1) is 25.7. The number of sulfone groups is 1. The van der Waals surface area contributed by atoms with Crippen LogP contribution in [0.2, 0.25) is 0 Å². The van der Waals surface area contributed by atoms with Crippen LogP contribution >= 0.6 is 24.0 Å². The van der Waals surface area contributed by atoms with Crippen LogP contribution in [0, 0.1) is 0 Å². The maximum Gasteiger partial charge on any atom is 0.224 e. The smallest absolute Gasteiger partial charge is 0.224 e. The predicted octanol–water partition coefficient (Wildman–Crippen LogP) is 2.13. The largest absolute Gasteiger partial charge is 0.357 e. The molecule has 1 aromatic rings. The molecule has 2 rings (SSSR count). The lowest BCUT2D eigenvalue weighted by Crippen LogP contribution is -2.57. The zero-order chi connectivity index (χ0) is 20.8. The Hall–Kier alpha value is -1.36. The molecule has 7 nitrogen and oxygen atoms in total. The SMILES string of the molecule is CCNC(=NCCC(=O)N(C)Cc1ccccc1)N1CCS(=O)(=O)C(C)(C)C1.I. The summed E-state index contributed by atoms with van der Waals surface area (Å²) in [5.74, 6) is 0.817. The minimum Gasteiger partial charge on any atom is -0.357 e. The number of nitrogens with one attached hydrogen (secondary N) is 1. The van der Waals surface area contributed by atoms with Gasteiger partial charge in [-0.2, -0.15) is 0 Å². The fourth-order valence-corrected chi connectivity index (χ4v) is 4.51. The number of hydrogen-bond donors (Lipinski definition) is 1. The van der Waals surface area contributed by atoms with Gasteiger partial charge >= 0.3 is 0 Å². The quantitative estimate of drug-likeness (QED) is 0.342. The fourth-order valence-electron chi connectivity index (χ4n) is 3.14. The summed E-state index contributed by atoms with van der Waals surface area (Å²) in [6.45, 7) is 7.90. The standard InChI is InChI=1S/C20H32N4O3S.HI/c1-5-21-19(24-13-14-28(26,27)20(2,3)16-24)22-12-11-18(25)23(4)15-17-9-7-6-8-10-17;/h6-10H,5,11-16H2,1-4H3,(H,21,22);1H. The number of benzene rings is 1. The highest BCUT2D eigenvalue weighted by atomic mass is 127. The molecule has 0 bridgehead atoms. The third kappa shape index (κ3) is 7.13. The summed E-state index contributed by atoms with van der Waals surface area (Å²) in [7, 11) is -1.31. The lowest BCUT2D eigenvalue weighted by atomic mass is 10.2.